The van der Waals surface area contributed by atoms with Crippen molar-refractivity contribution in [2.24, 2.45) is 5.73 Å². The Balaban J connectivity index is 2.40. The third kappa shape index (κ3) is 4.27. The van der Waals surface area contributed by atoms with Crippen LogP contribution in [0.25, 0.3) is 0 Å². The molecule has 0 fully saturated rings. The second-order valence-electron chi connectivity index (χ2n) is 3.13. The van der Waals surface area contributed by atoms with Crippen molar-refractivity contribution in [3.8, 4) is 0 Å². The molecule has 0 saturated carbocycles. The van der Waals surface area contributed by atoms with E-state index in [-0.39, 0.29) is 18.1 Å². The zero-order valence-corrected chi connectivity index (χ0v) is 8.85. The number of amides is 1. The fourth-order valence-electron chi connectivity index (χ4n) is 1.10. The van der Waals surface area contributed by atoms with Crippen molar-refractivity contribution in [2.75, 3.05) is 6.54 Å². The van der Waals surface area contributed by atoms with Gasteiger partial charge in [0, 0.05) is 24.5 Å². The summed E-state index contributed by atoms with van der Waals surface area (Å²) in [5, 5.41) is 3.36. The quantitative estimate of drug-likeness (QED) is 0.753. The third-order valence-electron chi connectivity index (χ3n) is 1.88. The summed E-state index contributed by atoms with van der Waals surface area (Å²) in [5.74, 6) is -0.714. The molecule has 0 unspecified atom stereocenters. The standard InChI is InChI=1S/C10H12ClFN2O/c11-9-5-8(12)2-1-7(9)6-14-4-3-10(13)15/h1-2,5,14H,3-4,6H2,(H2,13,15). The van der Waals surface area contributed by atoms with Gasteiger partial charge in [0.05, 0.1) is 0 Å². The molecule has 0 aliphatic rings. The Bertz CT molecular complexity index is 357. The first-order valence-electron chi connectivity index (χ1n) is 4.52. The van der Waals surface area contributed by atoms with Crippen molar-refractivity contribution in [2.45, 2.75) is 13.0 Å². The number of primary amides is 1. The number of halogens is 2. The number of nitrogens with one attached hydrogen (secondary N) is 1. The number of hydrogen-bond donors (Lipinski definition) is 2. The fraction of sp³-hybridized carbons (Fsp3) is 0.300. The highest BCUT2D eigenvalue weighted by molar-refractivity contribution is 6.31. The maximum atomic E-state index is 12.7. The Hall–Kier alpha value is -1.13. The van der Waals surface area contributed by atoms with Gasteiger partial charge in [0.2, 0.25) is 5.91 Å². The molecular formula is C10H12ClFN2O. The number of carbonyl (C=O) groups is 1. The zero-order chi connectivity index (χ0) is 11.3. The Morgan fingerprint density at radius 2 is 2.27 bits per heavy atom. The molecule has 1 amide bonds. The van der Waals surface area contributed by atoms with Gasteiger partial charge in [-0.1, -0.05) is 17.7 Å². The summed E-state index contributed by atoms with van der Waals surface area (Å²) >= 11 is 5.80. The van der Waals surface area contributed by atoms with Crippen LogP contribution >= 0.6 is 11.6 Å². The minimum atomic E-state index is -0.360. The van der Waals surface area contributed by atoms with Crippen LogP contribution in [0.2, 0.25) is 5.02 Å². The van der Waals surface area contributed by atoms with Crippen LogP contribution in [0.1, 0.15) is 12.0 Å². The molecule has 3 nitrogen and oxygen atoms in total. The lowest BCUT2D eigenvalue weighted by atomic mass is 10.2. The largest absolute Gasteiger partial charge is 0.370 e. The molecule has 1 rings (SSSR count). The maximum Gasteiger partial charge on any atom is 0.218 e. The zero-order valence-electron chi connectivity index (χ0n) is 8.09. The van der Waals surface area contributed by atoms with E-state index in [1.54, 1.807) is 6.07 Å². The lowest BCUT2D eigenvalue weighted by molar-refractivity contribution is -0.117. The molecule has 0 aliphatic carbocycles. The SMILES string of the molecule is NC(=O)CCNCc1ccc(F)cc1Cl. The molecule has 1 aromatic rings. The molecule has 0 bridgehead atoms. The molecule has 1 aromatic carbocycles. The first-order valence-corrected chi connectivity index (χ1v) is 4.90. The van der Waals surface area contributed by atoms with Crippen molar-refractivity contribution in [1.29, 1.82) is 0 Å². The molecule has 0 aliphatic heterocycles. The fourth-order valence-corrected chi connectivity index (χ4v) is 1.33. The highest BCUT2D eigenvalue weighted by Gasteiger charge is 2.01. The van der Waals surface area contributed by atoms with Crippen molar-refractivity contribution >= 4 is 17.5 Å². The summed E-state index contributed by atoms with van der Waals surface area (Å²) < 4.78 is 12.7. The van der Waals surface area contributed by atoms with E-state index in [0.29, 0.717) is 18.1 Å². The van der Waals surface area contributed by atoms with Crippen molar-refractivity contribution in [3.05, 3.63) is 34.6 Å². The molecule has 0 aromatic heterocycles. The van der Waals surface area contributed by atoms with Gasteiger partial charge in [-0.05, 0) is 17.7 Å². The van der Waals surface area contributed by atoms with Crippen molar-refractivity contribution < 1.29 is 9.18 Å². The van der Waals surface area contributed by atoms with Crippen LogP contribution in [0.3, 0.4) is 0 Å². The highest BCUT2D eigenvalue weighted by atomic mass is 35.5. The number of rotatable bonds is 5. The average Bonchev–Trinajstić information content (AvgIpc) is 2.14. The Labute approximate surface area is 92.4 Å². The molecule has 0 spiro atoms. The first kappa shape index (κ1) is 11.9. The van der Waals surface area contributed by atoms with Crippen molar-refractivity contribution in [1.82, 2.24) is 5.32 Å². The van der Waals surface area contributed by atoms with E-state index in [1.807, 2.05) is 0 Å². The average molecular weight is 231 g/mol. The van der Waals surface area contributed by atoms with Gasteiger partial charge in [-0.2, -0.15) is 0 Å². The van der Waals surface area contributed by atoms with Crippen molar-refractivity contribution in [3.63, 3.8) is 0 Å². The molecule has 0 atom stereocenters. The summed E-state index contributed by atoms with van der Waals surface area (Å²) in [6.45, 7) is 0.982. The minimum absolute atomic E-state index is 0.277. The highest BCUT2D eigenvalue weighted by Crippen LogP contribution is 2.16. The molecule has 3 N–H and O–H groups in total. The molecule has 0 radical (unpaired) electrons. The lowest BCUT2D eigenvalue weighted by Gasteiger charge is -2.05. The molecular weight excluding hydrogens is 219 g/mol. The van der Waals surface area contributed by atoms with Crippen LogP contribution in [-0.2, 0) is 11.3 Å². The molecule has 15 heavy (non-hydrogen) atoms. The topological polar surface area (TPSA) is 55.1 Å². The molecule has 0 saturated heterocycles. The summed E-state index contributed by atoms with van der Waals surface area (Å²) in [6.07, 6.45) is 0.277. The van der Waals surface area contributed by atoms with Crippen LogP contribution < -0.4 is 11.1 Å². The number of benzene rings is 1. The second-order valence-corrected chi connectivity index (χ2v) is 3.54. The Morgan fingerprint density at radius 3 is 2.87 bits per heavy atom. The smallest absolute Gasteiger partial charge is 0.218 e. The summed E-state index contributed by atoms with van der Waals surface area (Å²) in [7, 11) is 0. The lowest BCUT2D eigenvalue weighted by Crippen LogP contribution is -2.21. The predicted molar refractivity (Wildman–Crippen MR) is 56.9 cm³/mol. The van der Waals surface area contributed by atoms with Gasteiger partial charge in [0.25, 0.3) is 0 Å². The molecule has 0 heterocycles. The number of nitrogens with two attached hydrogens (primary N) is 1. The normalized spacial score (nSPS) is 10.3. The molecule has 5 heteroatoms. The van der Waals surface area contributed by atoms with E-state index in [2.05, 4.69) is 5.32 Å². The summed E-state index contributed by atoms with van der Waals surface area (Å²) in [6, 6.07) is 4.21. The molecule has 82 valence electrons. The number of carbonyl (C=O) groups excluding carboxylic acids is 1. The second kappa shape index (κ2) is 5.68. The van der Waals surface area contributed by atoms with E-state index in [1.165, 1.54) is 12.1 Å². The van der Waals surface area contributed by atoms with Gasteiger partial charge in [-0.15, -0.1) is 0 Å². The Kier molecular flexibility index (Phi) is 4.52. The van der Waals surface area contributed by atoms with Gasteiger partial charge < -0.3 is 11.1 Å². The predicted octanol–water partition coefficient (Wildman–Crippen LogP) is 1.44. The van der Waals surface area contributed by atoms with Crippen LogP contribution in [0.15, 0.2) is 18.2 Å². The third-order valence-corrected chi connectivity index (χ3v) is 2.23. The number of hydrogen-bond acceptors (Lipinski definition) is 2. The van der Waals surface area contributed by atoms with E-state index in [0.717, 1.165) is 5.56 Å². The van der Waals surface area contributed by atoms with E-state index in [4.69, 9.17) is 17.3 Å². The van der Waals surface area contributed by atoms with E-state index >= 15 is 0 Å². The van der Waals surface area contributed by atoms with Gasteiger partial charge in [-0.25, -0.2) is 4.39 Å². The minimum Gasteiger partial charge on any atom is -0.370 e. The van der Waals surface area contributed by atoms with Gasteiger partial charge in [0.1, 0.15) is 5.82 Å². The van der Waals surface area contributed by atoms with Crippen LogP contribution in [0.5, 0.6) is 0 Å². The summed E-state index contributed by atoms with van der Waals surface area (Å²) in [5.41, 5.74) is 5.76. The maximum absolute atomic E-state index is 12.7. The first-order chi connectivity index (χ1) is 7.09. The Morgan fingerprint density at radius 1 is 1.53 bits per heavy atom. The van der Waals surface area contributed by atoms with Crippen LogP contribution in [-0.4, -0.2) is 12.5 Å². The van der Waals surface area contributed by atoms with Gasteiger partial charge in [-0.3, -0.25) is 4.79 Å². The van der Waals surface area contributed by atoms with Gasteiger partial charge in [0.15, 0.2) is 0 Å². The van der Waals surface area contributed by atoms with Gasteiger partial charge >= 0.3 is 0 Å². The van der Waals surface area contributed by atoms with Crippen LogP contribution in [0, 0.1) is 5.82 Å². The van der Waals surface area contributed by atoms with E-state index < -0.39 is 0 Å². The van der Waals surface area contributed by atoms with E-state index in [9.17, 15) is 9.18 Å². The summed E-state index contributed by atoms with van der Waals surface area (Å²) in [4.78, 5) is 10.4. The monoisotopic (exact) mass is 230 g/mol. The van der Waals surface area contributed by atoms with Crippen LogP contribution in [0.4, 0.5) is 4.39 Å².